The minimum Gasteiger partial charge on any atom is -0.338 e. The number of anilines is 1. The normalized spacial score (nSPS) is 17.2. The van der Waals surface area contributed by atoms with Crippen LogP contribution in [0.1, 0.15) is 17.5 Å². The zero-order valence-electron chi connectivity index (χ0n) is 13.3. The van der Waals surface area contributed by atoms with E-state index in [0.717, 1.165) is 11.1 Å². The number of halogens is 1. The smallest absolute Gasteiger partial charge is 0.230 e. The van der Waals surface area contributed by atoms with E-state index in [-0.39, 0.29) is 24.2 Å². The summed E-state index contributed by atoms with van der Waals surface area (Å²) in [6, 6.07) is 11.1. The number of rotatable bonds is 4. The van der Waals surface area contributed by atoms with Gasteiger partial charge in [-0.2, -0.15) is 0 Å². The first kappa shape index (κ1) is 16.5. The molecule has 0 saturated carbocycles. The van der Waals surface area contributed by atoms with Crippen molar-refractivity contribution in [3.05, 3.63) is 58.7 Å². The summed E-state index contributed by atoms with van der Waals surface area (Å²) in [7, 11) is 0. The van der Waals surface area contributed by atoms with Crippen LogP contribution in [0.3, 0.4) is 0 Å². The van der Waals surface area contributed by atoms with Crippen molar-refractivity contribution < 1.29 is 9.59 Å². The third-order valence-corrected chi connectivity index (χ3v) is 4.38. The van der Waals surface area contributed by atoms with E-state index in [0.29, 0.717) is 23.9 Å². The number of nitrogens with zero attached hydrogens (tertiary/aromatic N) is 2. The van der Waals surface area contributed by atoms with Crippen LogP contribution < -0.4 is 5.32 Å². The lowest BCUT2D eigenvalue weighted by Crippen LogP contribution is -2.28. The Morgan fingerprint density at radius 3 is 2.79 bits per heavy atom. The molecule has 1 atom stereocenters. The second kappa shape index (κ2) is 7.01. The lowest BCUT2D eigenvalue weighted by molar-refractivity contribution is -0.128. The molecule has 2 aromatic rings. The fraction of sp³-hybridized carbons (Fsp3) is 0.278. The van der Waals surface area contributed by atoms with E-state index in [9.17, 15) is 9.59 Å². The van der Waals surface area contributed by atoms with Gasteiger partial charge in [0.15, 0.2) is 0 Å². The summed E-state index contributed by atoms with van der Waals surface area (Å²) in [5.74, 6) is 0.0175. The molecular weight excluding hydrogens is 326 g/mol. The van der Waals surface area contributed by atoms with Crippen molar-refractivity contribution in [3.63, 3.8) is 0 Å². The summed E-state index contributed by atoms with van der Waals surface area (Å²) in [6.45, 7) is 2.79. The molecule has 0 bridgehead atoms. The van der Waals surface area contributed by atoms with E-state index in [1.165, 1.54) is 0 Å². The largest absolute Gasteiger partial charge is 0.338 e. The Morgan fingerprint density at radius 1 is 1.33 bits per heavy atom. The number of likely N-dealkylation sites (tertiary alicyclic amines) is 1. The molecule has 2 amide bonds. The van der Waals surface area contributed by atoms with Crippen LogP contribution in [-0.4, -0.2) is 28.2 Å². The third kappa shape index (κ3) is 3.74. The summed E-state index contributed by atoms with van der Waals surface area (Å²) in [5, 5.41) is 3.48. The third-order valence-electron chi connectivity index (χ3n) is 4.12. The van der Waals surface area contributed by atoms with Gasteiger partial charge >= 0.3 is 0 Å². The minimum atomic E-state index is -0.355. The molecule has 1 fully saturated rings. The summed E-state index contributed by atoms with van der Waals surface area (Å²) in [4.78, 5) is 30.5. The highest BCUT2D eigenvalue weighted by Gasteiger charge is 2.34. The average Bonchev–Trinajstić information content (AvgIpc) is 2.93. The molecule has 1 aromatic heterocycles. The van der Waals surface area contributed by atoms with Crippen molar-refractivity contribution >= 4 is 29.2 Å². The quantitative estimate of drug-likeness (QED) is 0.928. The van der Waals surface area contributed by atoms with Crippen LogP contribution in [0.2, 0.25) is 5.02 Å². The zero-order chi connectivity index (χ0) is 17.1. The van der Waals surface area contributed by atoms with Crippen LogP contribution in [0.15, 0.2) is 42.6 Å². The first-order chi connectivity index (χ1) is 11.5. The van der Waals surface area contributed by atoms with E-state index >= 15 is 0 Å². The molecule has 1 aromatic carbocycles. The second-order valence-electron chi connectivity index (χ2n) is 5.96. The summed E-state index contributed by atoms with van der Waals surface area (Å²) in [6.07, 6.45) is 1.86. The Morgan fingerprint density at radius 2 is 2.08 bits per heavy atom. The summed E-state index contributed by atoms with van der Waals surface area (Å²) in [5.41, 5.74) is 1.89. The summed E-state index contributed by atoms with van der Waals surface area (Å²) < 4.78 is 0. The maximum Gasteiger partial charge on any atom is 0.230 e. The summed E-state index contributed by atoms with van der Waals surface area (Å²) >= 11 is 5.87. The maximum atomic E-state index is 12.4. The Hall–Kier alpha value is -2.40. The lowest BCUT2D eigenvalue weighted by atomic mass is 10.1. The van der Waals surface area contributed by atoms with Crippen LogP contribution in [0.25, 0.3) is 0 Å². The number of carbonyl (C=O) groups is 2. The van der Waals surface area contributed by atoms with Crippen molar-refractivity contribution in [1.29, 1.82) is 0 Å². The standard InChI is InChI=1S/C18H18ClN3O2/c1-12-3-2-8-20-17(12)21-18(24)14-9-16(23)22(11-14)10-13-4-6-15(19)7-5-13/h2-8,14H,9-11H2,1H3,(H,20,21,24). The van der Waals surface area contributed by atoms with Crippen molar-refractivity contribution in [2.75, 3.05) is 11.9 Å². The van der Waals surface area contributed by atoms with Crippen LogP contribution in [0.4, 0.5) is 5.82 Å². The molecule has 2 heterocycles. The highest BCUT2D eigenvalue weighted by molar-refractivity contribution is 6.30. The molecular formula is C18H18ClN3O2. The molecule has 24 heavy (non-hydrogen) atoms. The lowest BCUT2D eigenvalue weighted by Gasteiger charge is -2.17. The number of aromatic nitrogens is 1. The van der Waals surface area contributed by atoms with Gasteiger partial charge in [0.1, 0.15) is 5.82 Å². The van der Waals surface area contributed by atoms with Crippen LogP contribution in [0.5, 0.6) is 0 Å². The van der Waals surface area contributed by atoms with Gasteiger partial charge in [-0.25, -0.2) is 4.98 Å². The molecule has 0 aliphatic carbocycles. The van der Waals surface area contributed by atoms with E-state index < -0.39 is 0 Å². The Labute approximate surface area is 145 Å². The van der Waals surface area contributed by atoms with Gasteiger partial charge < -0.3 is 10.2 Å². The van der Waals surface area contributed by atoms with Gasteiger partial charge in [-0.3, -0.25) is 9.59 Å². The Kier molecular flexibility index (Phi) is 4.81. The first-order valence-electron chi connectivity index (χ1n) is 7.77. The van der Waals surface area contributed by atoms with Gasteiger partial charge in [-0.15, -0.1) is 0 Å². The van der Waals surface area contributed by atoms with Gasteiger partial charge in [0.05, 0.1) is 5.92 Å². The van der Waals surface area contributed by atoms with Crippen molar-refractivity contribution in [2.45, 2.75) is 19.9 Å². The van der Waals surface area contributed by atoms with Gasteiger partial charge in [-0.05, 0) is 36.2 Å². The number of pyridine rings is 1. The van der Waals surface area contributed by atoms with Gasteiger partial charge in [0, 0.05) is 30.7 Å². The molecule has 5 nitrogen and oxygen atoms in total. The molecule has 0 spiro atoms. The molecule has 1 unspecified atom stereocenters. The topological polar surface area (TPSA) is 62.3 Å². The fourth-order valence-corrected chi connectivity index (χ4v) is 2.87. The van der Waals surface area contributed by atoms with Crippen molar-refractivity contribution in [1.82, 2.24) is 9.88 Å². The molecule has 0 radical (unpaired) electrons. The SMILES string of the molecule is Cc1cccnc1NC(=O)C1CC(=O)N(Cc2ccc(Cl)cc2)C1. The van der Waals surface area contributed by atoms with Crippen molar-refractivity contribution in [3.8, 4) is 0 Å². The Balaban J connectivity index is 1.62. The predicted molar refractivity (Wildman–Crippen MR) is 92.6 cm³/mol. The van der Waals surface area contributed by atoms with E-state index in [4.69, 9.17) is 11.6 Å². The minimum absolute atomic E-state index is 0.0113. The van der Waals surface area contributed by atoms with Gasteiger partial charge in [-0.1, -0.05) is 29.8 Å². The number of nitrogens with one attached hydrogen (secondary N) is 1. The van der Waals surface area contributed by atoms with Crippen LogP contribution >= 0.6 is 11.6 Å². The first-order valence-corrected chi connectivity index (χ1v) is 8.15. The Bertz CT molecular complexity index is 761. The predicted octanol–water partition coefficient (Wildman–Crippen LogP) is 3.03. The average molecular weight is 344 g/mol. The molecule has 1 aliphatic heterocycles. The fourth-order valence-electron chi connectivity index (χ4n) is 2.75. The van der Waals surface area contributed by atoms with Crippen molar-refractivity contribution in [2.24, 2.45) is 5.92 Å². The van der Waals surface area contributed by atoms with Gasteiger partial charge in [0.25, 0.3) is 0 Å². The second-order valence-corrected chi connectivity index (χ2v) is 6.40. The zero-order valence-corrected chi connectivity index (χ0v) is 14.1. The number of hydrogen-bond acceptors (Lipinski definition) is 3. The molecule has 3 rings (SSSR count). The maximum absolute atomic E-state index is 12.4. The highest BCUT2D eigenvalue weighted by atomic mass is 35.5. The number of carbonyl (C=O) groups excluding carboxylic acids is 2. The molecule has 1 N–H and O–H groups in total. The van der Waals surface area contributed by atoms with Gasteiger partial charge in [0.2, 0.25) is 11.8 Å². The van der Waals surface area contributed by atoms with E-state index in [1.54, 1.807) is 23.2 Å². The molecule has 1 saturated heterocycles. The molecule has 1 aliphatic rings. The van der Waals surface area contributed by atoms with Crippen LogP contribution in [0, 0.1) is 12.8 Å². The number of hydrogen-bond donors (Lipinski definition) is 1. The van der Waals surface area contributed by atoms with E-state index in [2.05, 4.69) is 10.3 Å². The number of amides is 2. The highest BCUT2D eigenvalue weighted by Crippen LogP contribution is 2.22. The monoisotopic (exact) mass is 343 g/mol. The van der Waals surface area contributed by atoms with E-state index in [1.807, 2.05) is 31.2 Å². The number of aryl methyl sites for hydroxylation is 1. The molecule has 124 valence electrons. The molecule has 6 heteroatoms. The number of benzene rings is 1. The van der Waals surface area contributed by atoms with Crippen LogP contribution in [-0.2, 0) is 16.1 Å².